The molecule has 0 saturated carbocycles. The van der Waals surface area contributed by atoms with Crippen LogP contribution in [0.4, 0.5) is 21.5 Å². The molecular weight excluding hydrogens is 373 g/mol. The van der Waals surface area contributed by atoms with Gasteiger partial charge in [-0.2, -0.15) is 0 Å². The van der Waals surface area contributed by atoms with Gasteiger partial charge in [-0.1, -0.05) is 0 Å². The highest BCUT2D eigenvalue weighted by atomic mass is 32.2. The molecule has 1 heterocycles. The largest absolute Gasteiger partial charge is 0.324 e. The molecular formula is C18H18FN3O4S. The second kappa shape index (κ2) is 6.99. The van der Waals surface area contributed by atoms with Crippen molar-refractivity contribution in [2.75, 3.05) is 21.5 Å². The Morgan fingerprint density at radius 3 is 2.59 bits per heavy atom. The van der Waals surface area contributed by atoms with Gasteiger partial charge in [-0.3, -0.25) is 14.3 Å². The van der Waals surface area contributed by atoms with E-state index >= 15 is 0 Å². The molecule has 142 valence electrons. The molecule has 2 N–H and O–H groups in total. The summed E-state index contributed by atoms with van der Waals surface area (Å²) in [6, 6.07) is 8.06. The highest BCUT2D eigenvalue weighted by molar-refractivity contribution is 7.92. The molecule has 0 spiro atoms. The van der Waals surface area contributed by atoms with Crippen molar-refractivity contribution >= 4 is 38.9 Å². The van der Waals surface area contributed by atoms with Crippen LogP contribution in [0, 0.1) is 5.82 Å². The van der Waals surface area contributed by atoms with Crippen molar-refractivity contribution in [2.24, 2.45) is 0 Å². The second-order valence-electron chi connectivity index (χ2n) is 6.09. The van der Waals surface area contributed by atoms with Gasteiger partial charge in [0.15, 0.2) is 0 Å². The molecule has 0 aromatic heterocycles. The summed E-state index contributed by atoms with van der Waals surface area (Å²) >= 11 is 0. The van der Waals surface area contributed by atoms with E-state index in [1.165, 1.54) is 19.1 Å². The predicted molar refractivity (Wildman–Crippen MR) is 99.7 cm³/mol. The van der Waals surface area contributed by atoms with Crippen LogP contribution in [-0.4, -0.2) is 26.8 Å². The number of fused-ring (bicyclic) bond motifs is 1. The molecule has 2 aromatic carbocycles. The minimum atomic E-state index is -4.03. The number of carbonyl (C=O) groups is 2. The normalized spacial score (nSPS) is 13.4. The lowest BCUT2D eigenvalue weighted by molar-refractivity contribution is -0.117. The van der Waals surface area contributed by atoms with Gasteiger partial charge in [0.25, 0.3) is 10.0 Å². The van der Waals surface area contributed by atoms with E-state index in [4.69, 9.17) is 0 Å². The Morgan fingerprint density at radius 2 is 1.96 bits per heavy atom. The number of rotatable bonds is 5. The maximum absolute atomic E-state index is 14.0. The van der Waals surface area contributed by atoms with Crippen molar-refractivity contribution in [1.82, 2.24) is 0 Å². The van der Waals surface area contributed by atoms with Gasteiger partial charge in [0.2, 0.25) is 11.8 Å². The highest BCUT2D eigenvalue weighted by Gasteiger charge is 2.26. The third-order valence-corrected chi connectivity index (χ3v) is 5.52. The number of hydrogen-bond donors (Lipinski definition) is 2. The van der Waals surface area contributed by atoms with Gasteiger partial charge in [-0.05, 0) is 48.9 Å². The van der Waals surface area contributed by atoms with Crippen LogP contribution >= 0.6 is 0 Å². The summed E-state index contributed by atoms with van der Waals surface area (Å²) in [6.45, 7) is 3.63. The first-order chi connectivity index (χ1) is 12.7. The molecule has 0 fully saturated rings. The molecule has 0 radical (unpaired) electrons. The average molecular weight is 391 g/mol. The van der Waals surface area contributed by atoms with E-state index in [-0.39, 0.29) is 28.6 Å². The second-order valence-corrected chi connectivity index (χ2v) is 7.77. The SMILES string of the molecule is CCN1C(=O)Cc2cc(NS(=O)(=O)c3ccc(NC(C)=O)c(F)c3)ccc21. The lowest BCUT2D eigenvalue weighted by Gasteiger charge is -2.15. The molecule has 0 aliphatic carbocycles. The van der Waals surface area contributed by atoms with Crippen LogP contribution in [0.2, 0.25) is 0 Å². The van der Waals surface area contributed by atoms with Crippen molar-refractivity contribution in [3.05, 3.63) is 47.8 Å². The van der Waals surface area contributed by atoms with Crippen LogP contribution in [0.5, 0.6) is 0 Å². The van der Waals surface area contributed by atoms with Crippen LogP contribution in [0.25, 0.3) is 0 Å². The zero-order chi connectivity index (χ0) is 19.8. The van der Waals surface area contributed by atoms with Gasteiger partial charge in [0.1, 0.15) is 5.82 Å². The third-order valence-electron chi connectivity index (χ3n) is 4.14. The average Bonchev–Trinajstić information content (AvgIpc) is 2.90. The van der Waals surface area contributed by atoms with Crippen molar-refractivity contribution < 1.29 is 22.4 Å². The first-order valence-corrected chi connectivity index (χ1v) is 9.73. The minimum Gasteiger partial charge on any atom is -0.324 e. The molecule has 7 nitrogen and oxygen atoms in total. The van der Waals surface area contributed by atoms with E-state index in [9.17, 15) is 22.4 Å². The van der Waals surface area contributed by atoms with Crippen molar-refractivity contribution in [3.8, 4) is 0 Å². The van der Waals surface area contributed by atoms with Gasteiger partial charge in [-0.15, -0.1) is 0 Å². The maximum Gasteiger partial charge on any atom is 0.261 e. The molecule has 1 aliphatic heterocycles. The number of anilines is 3. The predicted octanol–water partition coefficient (Wildman–Crippen LogP) is 2.49. The Balaban J connectivity index is 1.85. The lowest BCUT2D eigenvalue weighted by Crippen LogP contribution is -2.25. The van der Waals surface area contributed by atoms with Crippen molar-refractivity contribution in [1.29, 1.82) is 0 Å². The molecule has 3 rings (SSSR count). The van der Waals surface area contributed by atoms with Gasteiger partial charge in [0, 0.05) is 24.8 Å². The van der Waals surface area contributed by atoms with Gasteiger partial charge in [0.05, 0.1) is 17.0 Å². The fourth-order valence-corrected chi connectivity index (χ4v) is 4.02. The topological polar surface area (TPSA) is 95.6 Å². The van der Waals surface area contributed by atoms with E-state index in [0.717, 1.165) is 17.3 Å². The van der Waals surface area contributed by atoms with Crippen LogP contribution in [0.1, 0.15) is 19.4 Å². The number of nitrogens with zero attached hydrogens (tertiary/aromatic N) is 1. The highest BCUT2D eigenvalue weighted by Crippen LogP contribution is 2.32. The van der Waals surface area contributed by atoms with Gasteiger partial charge in [-0.25, -0.2) is 12.8 Å². The number of sulfonamides is 1. The first-order valence-electron chi connectivity index (χ1n) is 8.24. The quantitative estimate of drug-likeness (QED) is 0.819. The summed E-state index contributed by atoms with van der Waals surface area (Å²) < 4.78 is 41.5. The Labute approximate surface area is 156 Å². The molecule has 2 aromatic rings. The van der Waals surface area contributed by atoms with Crippen LogP contribution in [0.15, 0.2) is 41.3 Å². The van der Waals surface area contributed by atoms with Crippen molar-refractivity contribution in [3.63, 3.8) is 0 Å². The fraction of sp³-hybridized carbons (Fsp3) is 0.222. The van der Waals surface area contributed by atoms with Crippen LogP contribution < -0.4 is 14.9 Å². The summed E-state index contributed by atoms with van der Waals surface area (Å²) in [5.41, 5.74) is 1.67. The number of halogens is 1. The summed E-state index contributed by atoms with van der Waals surface area (Å²) in [4.78, 5) is 24.3. The first kappa shape index (κ1) is 18.8. The van der Waals surface area contributed by atoms with Gasteiger partial charge >= 0.3 is 0 Å². The summed E-state index contributed by atoms with van der Waals surface area (Å²) in [5.74, 6) is -1.36. The number of likely N-dealkylation sites (N-methyl/N-ethyl adjacent to an activating group) is 1. The molecule has 1 aliphatic rings. The molecule has 0 bridgehead atoms. The molecule has 2 amide bonds. The lowest BCUT2D eigenvalue weighted by atomic mass is 10.1. The number of amides is 2. The third kappa shape index (κ3) is 3.77. The summed E-state index contributed by atoms with van der Waals surface area (Å²) in [6.07, 6.45) is 0.207. The van der Waals surface area contributed by atoms with Crippen LogP contribution in [-0.2, 0) is 26.0 Å². The molecule has 27 heavy (non-hydrogen) atoms. The Morgan fingerprint density at radius 1 is 1.22 bits per heavy atom. The summed E-state index contributed by atoms with van der Waals surface area (Å²) in [7, 11) is -4.03. The zero-order valence-electron chi connectivity index (χ0n) is 14.7. The monoisotopic (exact) mass is 391 g/mol. The Bertz CT molecular complexity index is 1040. The molecule has 0 atom stereocenters. The van der Waals surface area contributed by atoms with Crippen molar-refractivity contribution in [2.45, 2.75) is 25.2 Å². The number of nitrogens with one attached hydrogen (secondary N) is 2. The van der Waals surface area contributed by atoms with E-state index in [1.54, 1.807) is 23.1 Å². The molecule has 0 unspecified atom stereocenters. The Hall–Kier alpha value is -2.94. The fourth-order valence-electron chi connectivity index (χ4n) is 2.96. The van der Waals surface area contributed by atoms with E-state index in [2.05, 4.69) is 10.0 Å². The van der Waals surface area contributed by atoms with E-state index in [0.29, 0.717) is 6.54 Å². The number of benzene rings is 2. The van der Waals surface area contributed by atoms with E-state index in [1.807, 2.05) is 6.92 Å². The number of carbonyl (C=O) groups excluding carboxylic acids is 2. The minimum absolute atomic E-state index is 0.0388. The number of hydrogen-bond acceptors (Lipinski definition) is 4. The van der Waals surface area contributed by atoms with E-state index < -0.39 is 21.7 Å². The molecule has 9 heteroatoms. The standard InChI is InChI=1S/C18H18FN3O4S/c1-3-22-17-7-4-13(8-12(17)9-18(22)24)21-27(25,26)14-5-6-16(15(19)10-14)20-11(2)23/h4-8,10,21H,3,9H2,1-2H3,(H,20,23). The zero-order valence-corrected chi connectivity index (χ0v) is 15.6. The smallest absolute Gasteiger partial charge is 0.261 e. The molecule has 0 saturated heterocycles. The van der Waals surface area contributed by atoms with Gasteiger partial charge < -0.3 is 10.2 Å². The Kier molecular flexibility index (Phi) is 4.88. The van der Waals surface area contributed by atoms with Crippen LogP contribution in [0.3, 0.4) is 0 Å². The summed E-state index contributed by atoms with van der Waals surface area (Å²) in [5, 5.41) is 2.28. The maximum atomic E-state index is 14.0.